The molecular formula is C9H15FN4O. The predicted octanol–water partition coefficient (Wildman–Crippen LogP) is 0.671. The number of anilines is 2. The van der Waals surface area contributed by atoms with Gasteiger partial charge in [-0.3, -0.25) is 0 Å². The molecule has 0 bridgehead atoms. The third-order valence-electron chi connectivity index (χ3n) is 1.99. The highest BCUT2D eigenvalue weighted by Crippen LogP contribution is 2.15. The van der Waals surface area contributed by atoms with Crippen molar-refractivity contribution in [2.24, 2.45) is 0 Å². The summed E-state index contributed by atoms with van der Waals surface area (Å²) in [6, 6.07) is 0. The number of nitrogens with two attached hydrogens (primary N) is 1. The highest BCUT2D eigenvalue weighted by Gasteiger charge is 2.12. The van der Waals surface area contributed by atoms with Crippen LogP contribution < -0.4 is 10.6 Å². The van der Waals surface area contributed by atoms with Crippen molar-refractivity contribution in [3.8, 4) is 0 Å². The third-order valence-corrected chi connectivity index (χ3v) is 1.99. The Morgan fingerprint density at radius 1 is 1.60 bits per heavy atom. The molecule has 5 nitrogen and oxygen atoms in total. The lowest BCUT2D eigenvalue weighted by Crippen LogP contribution is -2.29. The number of halogens is 1. The molecule has 15 heavy (non-hydrogen) atoms. The van der Waals surface area contributed by atoms with E-state index in [1.165, 1.54) is 0 Å². The van der Waals surface area contributed by atoms with Crippen LogP contribution in [0.3, 0.4) is 0 Å². The molecule has 1 heterocycles. The van der Waals surface area contributed by atoms with Crippen LogP contribution in [-0.4, -0.2) is 36.8 Å². The maximum absolute atomic E-state index is 13.4. The Kier molecular flexibility index (Phi) is 4.23. The number of likely N-dealkylation sites (N-methyl/N-ethyl adjacent to an activating group) is 1. The van der Waals surface area contributed by atoms with Crippen LogP contribution in [0.4, 0.5) is 16.2 Å². The first-order valence-corrected chi connectivity index (χ1v) is 4.71. The van der Waals surface area contributed by atoms with E-state index in [4.69, 9.17) is 10.5 Å². The van der Waals surface area contributed by atoms with E-state index in [0.717, 1.165) is 6.20 Å². The number of methoxy groups -OCH3 is 1. The lowest BCUT2D eigenvalue weighted by molar-refractivity contribution is 0.205. The van der Waals surface area contributed by atoms with Crippen molar-refractivity contribution in [3.05, 3.63) is 12.0 Å². The second kappa shape index (κ2) is 5.45. The summed E-state index contributed by atoms with van der Waals surface area (Å²) >= 11 is 0. The first-order chi connectivity index (χ1) is 7.19. The number of ether oxygens (including phenoxy) is 1. The van der Waals surface area contributed by atoms with Crippen molar-refractivity contribution >= 4 is 11.8 Å². The molecule has 0 aliphatic carbocycles. The van der Waals surface area contributed by atoms with E-state index in [0.29, 0.717) is 19.7 Å². The molecule has 0 unspecified atom stereocenters. The van der Waals surface area contributed by atoms with Gasteiger partial charge in [0.1, 0.15) is 0 Å². The molecule has 84 valence electrons. The van der Waals surface area contributed by atoms with Crippen LogP contribution in [-0.2, 0) is 4.74 Å². The normalized spacial score (nSPS) is 10.3. The van der Waals surface area contributed by atoms with Crippen molar-refractivity contribution < 1.29 is 9.13 Å². The number of hydrogen-bond donors (Lipinski definition) is 1. The van der Waals surface area contributed by atoms with Gasteiger partial charge in [-0.05, 0) is 6.92 Å². The molecular weight excluding hydrogens is 199 g/mol. The van der Waals surface area contributed by atoms with Crippen LogP contribution in [0.1, 0.15) is 6.92 Å². The fourth-order valence-corrected chi connectivity index (χ4v) is 1.21. The fourth-order valence-electron chi connectivity index (χ4n) is 1.21. The number of nitrogens with zero attached hydrogens (tertiary/aromatic N) is 3. The fraction of sp³-hybridized carbons (Fsp3) is 0.556. The van der Waals surface area contributed by atoms with Crippen LogP contribution in [0.25, 0.3) is 0 Å². The van der Waals surface area contributed by atoms with Crippen molar-refractivity contribution in [2.45, 2.75) is 6.92 Å². The molecule has 0 radical (unpaired) electrons. The molecule has 0 fully saturated rings. The van der Waals surface area contributed by atoms with Crippen molar-refractivity contribution in [1.29, 1.82) is 0 Å². The smallest absolute Gasteiger partial charge is 0.222 e. The van der Waals surface area contributed by atoms with Gasteiger partial charge in [0.25, 0.3) is 0 Å². The molecule has 6 heteroatoms. The third kappa shape index (κ3) is 3.02. The summed E-state index contributed by atoms with van der Waals surface area (Å²) in [7, 11) is 1.60. The summed E-state index contributed by atoms with van der Waals surface area (Å²) in [4.78, 5) is 9.18. The van der Waals surface area contributed by atoms with E-state index < -0.39 is 5.82 Å². The molecule has 1 aromatic rings. The van der Waals surface area contributed by atoms with E-state index in [1.807, 2.05) is 6.92 Å². The van der Waals surface area contributed by atoms with Crippen molar-refractivity contribution in [2.75, 3.05) is 37.4 Å². The average molecular weight is 214 g/mol. The second-order valence-electron chi connectivity index (χ2n) is 2.97. The van der Waals surface area contributed by atoms with Gasteiger partial charge in [-0.25, -0.2) is 9.37 Å². The largest absolute Gasteiger partial charge is 0.383 e. The van der Waals surface area contributed by atoms with Gasteiger partial charge >= 0.3 is 0 Å². The van der Waals surface area contributed by atoms with Crippen LogP contribution in [0.5, 0.6) is 0 Å². The topological polar surface area (TPSA) is 64.3 Å². The standard InChI is InChI=1S/C9H15FN4O/c1-3-14(4-5-15-2)8-7(10)6-12-9(11)13-8/h6H,3-5H2,1-2H3,(H2,11,12,13). The molecule has 0 spiro atoms. The first kappa shape index (κ1) is 11.6. The molecule has 0 aliphatic rings. The zero-order valence-electron chi connectivity index (χ0n) is 8.90. The Hall–Kier alpha value is -1.43. The Bertz CT molecular complexity index is 321. The molecule has 2 N–H and O–H groups in total. The van der Waals surface area contributed by atoms with E-state index in [2.05, 4.69) is 9.97 Å². The molecule has 1 rings (SSSR count). The highest BCUT2D eigenvalue weighted by atomic mass is 19.1. The second-order valence-corrected chi connectivity index (χ2v) is 2.97. The molecule has 0 saturated heterocycles. The number of hydrogen-bond acceptors (Lipinski definition) is 5. The molecule has 1 aromatic heterocycles. The van der Waals surface area contributed by atoms with Gasteiger partial charge in [-0.15, -0.1) is 0 Å². The monoisotopic (exact) mass is 214 g/mol. The summed E-state index contributed by atoms with van der Waals surface area (Å²) in [5.74, 6) is -0.175. The average Bonchev–Trinajstić information content (AvgIpc) is 2.24. The zero-order valence-corrected chi connectivity index (χ0v) is 8.90. The zero-order chi connectivity index (χ0) is 11.3. The maximum atomic E-state index is 13.4. The minimum absolute atomic E-state index is 0.0715. The van der Waals surface area contributed by atoms with Gasteiger partial charge in [0.05, 0.1) is 12.8 Å². The summed E-state index contributed by atoms with van der Waals surface area (Å²) in [6.07, 6.45) is 1.08. The SMILES string of the molecule is CCN(CCOC)c1nc(N)ncc1F. The first-order valence-electron chi connectivity index (χ1n) is 4.71. The van der Waals surface area contributed by atoms with Gasteiger partial charge in [0, 0.05) is 20.2 Å². The predicted molar refractivity (Wildman–Crippen MR) is 56.2 cm³/mol. The van der Waals surface area contributed by atoms with E-state index in [-0.39, 0.29) is 11.8 Å². The Morgan fingerprint density at radius 3 is 2.93 bits per heavy atom. The lowest BCUT2D eigenvalue weighted by atomic mass is 10.4. The van der Waals surface area contributed by atoms with E-state index >= 15 is 0 Å². The highest BCUT2D eigenvalue weighted by molar-refractivity contribution is 5.42. The van der Waals surface area contributed by atoms with Crippen molar-refractivity contribution in [3.63, 3.8) is 0 Å². The van der Waals surface area contributed by atoms with Gasteiger partial charge < -0.3 is 15.4 Å². The molecule has 0 amide bonds. The Balaban J connectivity index is 2.85. The van der Waals surface area contributed by atoms with Crippen molar-refractivity contribution in [1.82, 2.24) is 9.97 Å². The van der Waals surface area contributed by atoms with Gasteiger partial charge in [-0.1, -0.05) is 0 Å². The summed E-state index contributed by atoms with van der Waals surface area (Å²) in [6.45, 7) is 3.63. The summed E-state index contributed by atoms with van der Waals surface area (Å²) in [5.41, 5.74) is 5.40. The molecule has 0 saturated carbocycles. The number of rotatable bonds is 5. The summed E-state index contributed by atoms with van der Waals surface area (Å²) < 4.78 is 18.3. The molecule has 0 aliphatic heterocycles. The van der Waals surface area contributed by atoms with Gasteiger partial charge in [0.15, 0.2) is 11.6 Å². The van der Waals surface area contributed by atoms with E-state index in [9.17, 15) is 4.39 Å². The van der Waals surface area contributed by atoms with E-state index in [1.54, 1.807) is 12.0 Å². The quantitative estimate of drug-likeness (QED) is 0.780. The Labute approximate surface area is 88.1 Å². The maximum Gasteiger partial charge on any atom is 0.222 e. The summed E-state index contributed by atoms with van der Waals surface area (Å²) in [5, 5.41) is 0. The number of aromatic nitrogens is 2. The van der Waals surface area contributed by atoms with Crippen LogP contribution >= 0.6 is 0 Å². The van der Waals surface area contributed by atoms with Gasteiger partial charge in [0.2, 0.25) is 5.95 Å². The van der Waals surface area contributed by atoms with Gasteiger partial charge in [-0.2, -0.15) is 4.98 Å². The minimum atomic E-state index is -0.470. The molecule has 0 aromatic carbocycles. The minimum Gasteiger partial charge on any atom is -0.383 e. The van der Waals surface area contributed by atoms with Crippen LogP contribution in [0.2, 0.25) is 0 Å². The molecule has 0 atom stereocenters. The van der Waals surface area contributed by atoms with Crippen LogP contribution in [0, 0.1) is 5.82 Å². The van der Waals surface area contributed by atoms with Crippen LogP contribution in [0.15, 0.2) is 6.20 Å². The Morgan fingerprint density at radius 2 is 2.33 bits per heavy atom. The number of nitrogen functional groups attached to an aromatic ring is 1. The lowest BCUT2D eigenvalue weighted by Gasteiger charge is -2.21.